The summed E-state index contributed by atoms with van der Waals surface area (Å²) < 4.78 is 1.19. The Labute approximate surface area is 116 Å². The molecule has 1 aliphatic carbocycles. The summed E-state index contributed by atoms with van der Waals surface area (Å²) in [6, 6.07) is 4.68. The first-order valence-electron chi connectivity index (χ1n) is 6.32. The van der Waals surface area contributed by atoms with Gasteiger partial charge in [0.2, 0.25) is 0 Å². The Hall–Kier alpha value is 0.1000. The lowest BCUT2D eigenvalue weighted by Gasteiger charge is -2.27. The molecule has 1 saturated carbocycles. The van der Waals surface area contributed by atoms with Crippen LogP contribution in [0.3, 0.4) is 0 Å². The van der Waals surface area contributed by atoms with Gasteiger partial charge in [0.15, 0.2) is 0 Å². The quantitative estimate of drug-likeness (QED) is 0.887. The predicted molar refractivity (Wildman–Crippen MR) is 76.4 cm³/mol. The van der Waals surface area contributed by atoms with Crippen molar-refractivity contribution in [3.05, 3.63) is 20.8 Å². The minimum absolute atomic E-state index is 0.0678. The van der Waals surface area contributed by atoms with Crippen LogP contribution < -0.4 is 5.32 Å². The molecule has 0 spiro atoms. The third-order valence-corrected chi connectivity index (χ3v) is 5.29. The van der Waals surface area contributed by atoms with Gasteiger partial charge in [0.25, 0.3) is 0 Å². The summed E-state index contributed by atoms with van der Waals surface area (Å²) in [6.45, 7) is 3.23. The molecule has 1 heterocycles. The zero-order chi connectivity index (χ0) is 12.3. The largest absolute Gasteiger partial charge is 0.393 e. The predicted octanol–water partition coefficient (Wildman–Crippen LogP) is 3.71. The first-order valence-corrected chi connectivity index (χ1v) is 7.93. The van der Waals surface area contributed by atoms with Crippen LogP contribution in [0.25, 0.3) is 0 Å². The number of rotatable bonds is 4. The van der Waals surface area contributed by atoms with E-state index >= 15 is 0 Å². The molecule has 1 aromatic heterocycles. The topological polar surface area (TPSA) is 32.3 Å². The van der Waals surface area contributed by atoms with Gasteiger partial charge in [-0.15, -0.1) is 11.3 Å². The number of aliphatic hydroxyl groups excluding tert-OH is 1. The van der Waals surface area contributed by atoms with E-state index < -0.39 is 0 Å². The molecule has 2 nitrogen and oxygen atoms in total. The molecule has 0 unspecified atom stereocenters. The van der Waals surface area contributed by atoms with E-state index in [0.29, 0.717) is 12.0 Å². The van der Waals surface area contributed by atoms with E-state index in [9.17, 15) is 5.11 Å². The molecule has 0 aliphatic heterocycles. The average molecular weight is 318 g/mol. The Balaban J connectivity index is 1.77. The van der Waals surface area contributed by atoms with Crippen molar-refractivity contribution in [2.24, 2.45) is 5.92 Å². The number of aliphatic hydroxyl groups is 1. The molecule has 2 N–H and O–H groups in total. The lowest BCUT2D eigenvalue weighted by Crippen LogP contribution is -2.30. The van der Waals surface area contributed by atoms with Crippen LogP contribution in [0.1, 0.15) is 43.5 Å². The maximum Gasteiger partial charge on any atom is 0.0701 e. The summed E-state index contributed by atoms with van der Waals surface area (Å²) in [5.74, 6) is 0.643. The molecule has 1 aromatic rings. The monoisotopic (exact) mass is 317 g/mol. The molecule has 0 amide bonds. The highest BCUT2D eigenvalue weighted by atomic mass is 79.9. The fourth-order valence-corrected chi connectivity index (χ4v) is 3.90. The standard InChI is InChI=1S/C13H20BrNOS/c1-9(12-5-6-13(14)17-12)15-8-10-3-2-4-11(16)7-10/h5-6,9-11,15-16H,2-4,7-8H2,1H3/t9-,10+,11-/m0/s1. The van der Waals surface area contributed by atoms with Gasteiger partial charge in [-0.25, -0.2) is 0 Å². The molecule has 1 aliphatic rings. The maximum atomic E-state index is 9.63. The van der Waals surface area contributed by atoms with E-state index in [0.717, 1.165) is 19.4 Å². The van der Waals surface area contributed by atoms with E-state index in [4.69, 9.17) is 0 Å². The van der Waals surface area contributed by atoms with Gasteiger partial charge in [0.05, 0.1) is 9.89 Å². The highest BCUT2D eigenvalue weighted by molar-refractivity contribution is 9.11. The Bertz CT molecular complexity index is 355. The number of halogens is 1. The summed E-state index contributed by atoms with van der Waals surface area (Å²) in [5, 5.41) is 13.2. The molecule has 17 heavy (non-hydrogen) atoms. The van der Waals surface area contributed by atoms with Crippen LogP contribution in [0, 0.1) is 5.92 Å². The van der Waals surface area contributed by atoms with Crippen molar-refractivity contribution < 1.29 is 5.11 Å². The molecule has 3 atom stereocenters. The van der Waals surface area contributed by atoms with Gasteiger partial charge in [-0.05, 0) is 66.7 Å². The average Bonchev–Trinajstić information content (AvgIpc) is 2.73. The Morgan fingerprint density at radius 3 is 3.00 bits per heavy atom. The number of hydrogen-bond acceptors (Lipinski definition) is 3. The zero-order valence-corrected chi connectivity index (χ0v) is 12.6. The second kappa shape index (κ2) is 6.32. The highest BCUT2D eigenvalue weighted by Crippen LogP contribution is 2.28. The van der Waals surface area contributed by atoms with Gasteiger partial charge >= 0.3 is 0 Å². The van der Waals surface area contributed by atoms with E-state index in [1.165, 1.54) is 21.5 Å². The molecule has 0 bridgehead atoms. The van der Waals surface area contributed by atoms with Gasteiger partial charge < -0.3 is 10.4 Å². The van der Waals surface area contributed by atoms with Gasteiger partial charge in [0.1, 0.15) is 0 Å². The van der Waals surface area contributed by atoms with Crippen LogP contribution in [0.4, 0.5) is 0 Å². The lowest BCUT2D eigenvalue weighted by molar-refractivity contribution is 0.0998. The first kappa shape index (κ1) is 13.5. The van der Waals surface area contributed by atoms with Crippen LogP contribution in [0.5, 0.6) is 0 Å². The smallest absolute Gasteiger partial charge is 0.0701 e. The van der Waals surface area contributed by atoms with E-state index in [1.54, 1.807) is 11.3 Å². The molecular weight excluding hydrogens is 298 g/mol. The molecule has 96 valence electrons. The van der Waals surface area contributed by atoms with Crippen LogP contribution >= 0.6 is 27.3 Å². The summed E-state index contributed by atoms with van der Waals surface area (Å²) >= 11 is 5.28. The molecule has 1 fully saturated rings. The summed E-state index contributed by atoms with van der Waals surface area (Å²) in [7, 11) is 0. The van der Waals surface area contributed by atoms with Crippen molar-refractivity contribution in [2.75, 3.05) is 6.54 Å². The Morgan fingerprint density at radius 1 is 1.53 bits per heavy atom. The fraction of sp³-hybridized carbons (Fsp3) is 0.692. The van der Waals surface area contributed by atoms with E-state index in [2.05, 4.69) is 40.3 Å². The second-order valence-electron chi connectivity index (χ2n) is 4.96. The number of hydrogen-bond donors (Lipinski definition) is 2. The first-order chi connectivity index (χ1) is 8.15. The lowest BCUT2D eigenvalue weighted by atomic mass is 9.87. The van der Waals surface area contributed by atoms with Crippen LogP contribution in [-0.4, -0.2) is 17.8 Å². The SMILES string of the molecule is C[C@H](NC[C@@H]1CCC[C@H](O)C1)c1ccc(Br)s1. The Kier molecular flexibility index (Phi) is 5.03. The highest BCUT2D eigenvalue weighted by Gasteiger charge is 2.20. The van der Waals surface area contributed by atoms with Crippen LogP contribution in [0.2, 0.25) is 0 Å². The van der Waals surface area contributed by atoms with Crippen molar-refractivity contribution in [3.63, 3.8) is 0 Å². The van der Waals surface area contributed by atoms with Gasteiger partial charge in [-0.1, -0.05) is 6.42 Å². The minimum atomic E-state index is -0.0678. The fourth-order valence-electron chi connectivity index (χ4n) is 2.45. The molecule has 0 aromatic carbocycles. The molecule has 4 heteroatoms. The summed E-state index contributed by atoms with van der Waals surface area (Å²) in [6.07, 6.45) is 4.32. The normalized spacial score (nSPS) is 27.0. The van der Waals surface area contributed by atoms with Crippen molar-refractivity contribution >= 4 is 27.3 Å². The van der Waals surface area contributed by atoms with Gasteiger partial charge in [0, 0.05) is 10.9 Å². The van der Waals surface area contributed by atoms with E-state index in [-0.39, 0.29) is 6.10 Å². The number of nitrogens with one attached hydrogen (secondary N) is 1. The number of thiophene rings is 1. The van der Waals surface area contributed by atoms with Crippen LogP contribution in [-0.2, 0) is 0 Å². The molecular formula is C13H20BrNOS. The maximum absolute atomic E-state index is 9.63. The third-order valence-electron chi connectivity index (χ3n) is 3.49. The molecule has 0 radical (unpaired) electrons. The van der Waals surface area contributed by atoms with E-state index in [1.807, 2.05) is 0 Å². The Morgan fingerprint density at radius 2 is 2.35 bits per heavy atom. The minimum Gasteiger partial charge on any atom is -0.393 e. The molecule has 2 rings (SSSR count). The van der Waals surface area contributed by atoms with Gasteiger partial charge in [-0.2, -0.15) is 0 Å². The van der Waals surface area contributed by atoms with Crippen molar-refractivity contribution in [3.8, 4) is 0 Å². The second-order valence-corrected chi connectivity index (χ2v) is 7.45. The van der Waals surface area contributed by atoms with Crippen LogP contribution in [0.15, 0.2) is 15.9 Å². The van der Waals surface area contributed by atoms with Crippen molar-refractivity contribution in [1.29, 1.82) is 0 Å². The van der Waals surface area contributed by atoms with Crippen molar-refractivity contribution in [2.45, 2.75) is 44.8 Å². The molecule has 0 saturated heterocycles. The van der Waals surface area contributed by atoms with Gasteiger partial charge in [-0.3, -0.25) is 0 Å². The van der Waals surface area contributed by atoms with Crippen molar-refractivity contribution in [1.82, 2.24) is 5.32 Å². The summed E-state index contributed by atoms with van der Waals surface area (Å²) in [4.78, 5) is 1.37. The summed E-state index contributed by atoms with van der Waals surface area (Å²) in [5.41, 5.74) is 0. The zero-order valence-electron chi connectivity index (χ0n) is 10.2. The third kappa shape index (κ3) is 4.05.